The molecule has 1 aliphatic rings. The summed E-state index contributed by atoms with van der Waals surface area (Å²) < 4.78 is 5.43. The molecule has 0 radical (unpaired) electrons. The summed E-state index contributed by atoms with van der Waals surface area (Å²) in [7, 11) is 0. The maximum absolute atomic E-state index is 12.9. The second kappa shape index (κ2) is 7.90. The van der Waals surface area contributed by atoms with E-state index in [9.17, 15) is 4.79 Å². The fraction of sp³-hybridized carbons (Fsp3) is 0.238. The van der Waals surface area contributed by atoms with Crippen molar-refractivity contribution in [3.8, 4) is 10.6 Å². The first-order valence-electron chi connectivity index (χ1n) is 8.96. The largest absolute Gasteiger partial charge is 0.378 e. The van der Waals surface area contributed by atoms with Crippen LogP contribution < -0.4 is 10.2 Å². The second-order valence-electron chi connectivity index (χ2n) is 6.45. The van der Waals surface area contributed by atoms with E-state index >= 15 is 0 Å². The molecule has 0 atom stereocenters. The first-order chi connectivity index (χ1) is 13.2. The number of anilines is 2. The average molecular weight is 379 g/mol. The average Bonchev–Trinajstić information content (AvgIpc) is 3.15. The molecule has 3 aromatic rings. The Kier molecular flexibility index (Phi) is 5.18. The molecule has 138 valence electrons. The normalized spacial score (nSPS) is 14.2. The molecule has 1 amide bonds. The molecule has 1 saturated heterocycles. The highest BCUT2D eigenvalue weighted by atomic mass is 32.1. The topological polar surface area (TPSA) is 54.5 Å². The molecule has 0 unspecified atom stereocenters. The number of aryl methyl sites for hydroxylation is 1. The van der Waals surface area contributed by atoms with Gasteiger partial charge < -0.3 is 15.0 Å². The van der Waals surface area contributed by atoms with Gasteiger partial charge in [0.25, 0.3) is 5.91 Å². The summed E-state index contributed by atoms with van der Waals surface area (Å²) in [5, 5.41) is 6.01. The lowest BCUT2D eigenvalue weighted by molar-refractivity contribution is 0.102. The fourth-order valence-corrected chi connectivity index (χ4v) is 3.93. The first-order valence-corrected chi connectivity index (χ1v) is 9.84. The third kappa shape index (κ3) is 4.02. The molecule has 1 N–H and O–H groups in total. The number of hydrogen-bond donors (Lipinski definition) is 1. The minimum Gasteiger partial charge on any atom is -0.378 e. The van der Waals surface area contributed by atoms with E-state index in [1.165, 1.54) is 0 Å². The van der Waals surface area contributed by atoms with Crippen LogP contribution in [0.1, 0.15) is 16.1 Å². The van der Waals surface area contributed by atoms with E-state index in [-0.39, 0.29) is 5.91 Å². The number of carbonyl (C=O) groups is 1. The van der Waals surface area contributed by atoms with Crippen LogP contribution in [0, 0.1) is 6.92 Å². The Morgan fingerprint density at radius 2 is 1.96 bits per heavy atom. The molecule has 2 heterocycles. The molecule has 4 rings (SSSR count). The van der Waals surface area contributed by atoms with Crippen LogP contribution in [-0.4, -0.2) is 37.2 Å². The predicted octanol–water partition coefficient (Wildman–Crippen LogP) is 4.21. The van der Waals surface area contributed by atoms with Crippen molar-refractivity contribution in [3.63, 3.8) is 0 Å². The molecule has 27 heavy (non-hydrogen) atoms. The summed E-state index contributed by atoms with van der Waals surface area (Å²) in [4.78, 5) is 19.6. The van der Waals surface area contributed by atoms with E-state index in [4.69, 9.17) is 4.74 Å². The Hall–Kier alpha value is -2.70. The minimum absolute atomic E-state index is 0.120. The van der Waals surface area contributed by atoms with Crippen LogP contribution in [0.2, 0.25) is 0 Å². The molecule has 1 fully saturated rings. The maximum atomic E-state index is 12.9. The molecule has 5 nitrogen and oxygen atoms in total. The SMILES string of the molecule is Cc1csc(-c2cccc(C(=O)Nc3ccccc3N3CCOCC3)c2)n1. The monoisotopic (exact) mass is 379 g/mol. The van der Waals surface area contributed by atoms with E-state index in [0.717, 1.165) is 40.7 Å². The molecule has 0 spiro atoms. The smallest absolute Gasteiger partial charge is 0.255 e. The summed E-state index contributed by atoms with van der Waals surface area (Å²) >= 11 is 1.59. The number of para-hydroxylation sites is 2. The number of carbonyl (C=O) groups excluding carboxylic acids is 1. The van der Waals surface area contributed by atoms with Crippen LogP contribution in [0.25, 0.3) is 10.6 Å². The molecule has 6 heteroatoms. The zero-order valence-electron chi connectivity index (χ0n) is 15.1. The van der Waals surface area contributed by atoms with Gasteiger partial charge in [-0.3, -0.25) is 4.79 Å². The summed E-state index contributed by atoms with van der Waals surface area (Å²) in [6.07, 6.45) is 0. The van der Waals surface area contributed by atoms with Gasteiger partial charge in [0.15, 0.2) is 0 Å². The lowest BCUT2D eigenvalue weighted by Crippen LogP contribution is -2.36. The van der Waals surface area contributed by atoms with Crippen molar-refractivity contribution in [2.45, 2.75) is 6.92 Å². The highest BCUT2D eigenvalue weighted by Gasteiger charge is 2.16. The van der Waals surface area contributed by atoms with Gasteiger partial charge in [0.2, 0.25) is 0 Å². The van der Waals surface area contributed by atoms with E-state index < -0.39 is 0 Å². The van der Waals surface area contributed by atoms with Crippen LogP contribution in [0.15, 0.2) is 53.9 Å². The molecule has 0 saturated carbocycles. The number of morpholine rings is 1. The number of benzene rings is 2. The Balaban J connectivity index is 1.56. The van der Waals surface area contributed by atoms with Gasteiger partial charge in [-0.25, -0.2) is 4.98 Å². The van der Waals surface area contributed by atoms with Crippen molar-refractivity contribution >= 4 is 28.6 Å². The Labute approximate surface area is 162 Å². The highest BCUT2D eigenvalue weighted by molar-refractivity contribution is 7.13. The van der Waals surface area contributed by atoms with Crippen LogP contribution in [0.3, 0.4) is 0 Å². The van der Waals surface area contributed by atoms with Gasteiger partial charge in [-0.2, -0.15) is 0 Å². The Bertz CT molecular complexity index is 948. The zero-order valence-corrected chi connectivity index (χ0v) is 16.0. The van der Waals surface area contributed by atoms with Gasteiger partial charge in [0, 0.05) is 35.3 Å². The molecule has 0 bridgehead atoms. The van der Waals surface area contributed by atoms with E-state index in [0.29, 0.717) is 18.8 Å². The fourth-order valence-electron chi connectivity index (χ4n) is 3.13. The number of hydrogen-bond acceptors (Lipinski definition) is 5. The number of nitrogens with zero attached hydrogens (tertiary/aromatic N) is 2. The number of thiazole rings is 1. The first kappa shape index (κ1) is 17.7. The van der Waals surface area contributed by atoms with Gasteiger partial charge in [0.05, 0.1) is 24.6 Å². The van der Waals surface area contributed by atoms with E-state index in [1.807, 2.05) is 60.8 Å². The predicted molar refractivity (Wildman–Crippen MR) is 110 cm³/mol. The summed E-state index contributed by atoms with van der Waals surface area (Å²) in [5.41, 5.74) is 4.42. The zero-order chi connectivity index (χ0) is 18.6. The van der Waals surface area contributed by atoms with Crippen molar-refractivity contribution < 1.29 is 9.53 Å². The quantitative estimate of drug-likeness (QED) is 0.738. The third-order valence-corrected chi connectivity index (χ3v) is 5.50. The Morgan fingerprint density at radius 1 is 1.15 bits per heavy atom. The van der Waals surface area contributed by atoms with E-state index in [2.05, 4.69) is 15.2 Å². The standard InChI is InChI=1S/C21H21N3O2S/c1-15-14-27-21(22-15)17-6-4-5-16(13-17)20(25)23-18-7-2-3-8-19(18)24-9-11-26-12-10-24/h2-8,13-14H,9-12H2,1H3,(H,23,25). The summed E-state index contributed by atoms with van der Waals surface area (Å²) in [5.74, 6) is -0.120. The van der Waals surface area contributed by atoms with E-state index in [1.54, 1.807) is 11.3 Å². The number of aromatic nitrogens is 1. The molecule has 0 aliphatic carbocycles. The van der Waals surface area contributed by atoms with Crippen molar-refractivity contribution in [2.24, 2.45) is 0 Å². The van der Waals surface area contributed by atoms with Crippen LogP contribution >= 0.6 is 11.3 Å². The summed E-state index contributed by atoms with van der Waals surface area (Å²) in [6, 6.07) is 15.5. The van der Waals surface area contributed by atoms with Gasteiger partial charge in [0.1, 0.15) is 5.01 Å². The van der Waals surface area contributed by atoms with Crippen molar-refractivity contribution in [1.29, 1.82) is 0 Å². The van der Waals surface area contributed by atoms with Gasteiger partial charge >= 0.3 is 0 Å². The lowest BCUT2D eigenvalue weighted by Gasteiger charge is -2.30. The van der Waals surface area contributed by atoms with Gasteiger partial charge in [-0.15, -0.1) is 11.3 Å². The maximum Gasteiger partial charge on any atom is 0.255 e. The highest BCUT2D eigenvalue weighted by Crippen LogP contribution is 2.28. The minimum atomic E-state index is -0.120. The molecular weight excluding hydrogens is 358 g/mol. The molecule has 1 aliphatic heterocycles. The third-order valence-electron chi connectivity index (χ3n) is 4.49. The van der Waals surface area contributed by atoms with Gasteiger partial charge in [-0.05, 0) is 31.2 Å². The van der Waals surface area contributed by atoms with Crippen molar-refractivity contribution in [1.82, 2.24) is 4.98 Å². The molecule has 1 aromatic heterocycles. The van der Waals surface area contributed by atoms with Gasteiger partial charge in [-0.1, -0.05) is 24.3 Å². The lowest BCUT2D eigenvalue weighted by atomic mass is 10.1. The van der Waals surface area contributed by atoms with Crippen molar-refractivity contribution in [3.05, 3.63) is 65.2 Å². The van der Waals surface area contributed by atoms with Crippen LogP contribution in [-0.2, 0) is 4.74 Å². The summed E-state index contributed by atoms with van der Waals surface area (Å²) in [6.45, 7) is 5.03. The number of nitrogens with one attached hydrogen (secondary N) is 1. The number of amides is 1. The van der Waals surface area contributed by atoms with Crippen LogP contribution in [0.4, 0.5) is 11.4 Å². The van der Waals surface area contributed by atoms with Crippen molar-refractivity contribution in [2.75, 3.05) is 36.5 Å². The number of ether oxygens (including phenoxy) is 1. The van der Waals surface area contributed by atoms with Crippen LogP contribution in [0.5, 0.6) is 0 Å². The Morgan fingerprint density at radius 3 is 2.74 bits per heavy atom. The molecule has 2 aromatic carbocycles. The second-order valence-corrected chi connectivity index (χ2v) is 7.30. The number of rotatable bonds is 4. The molecular formula is C21H21N3O2S.